The predicted molar refractivity (Wildman–Crippen MR) is 87.2 cm³/mol. The maximum atomic E-state index is 5.80. The van der Waals surface area contributed by atoms with Gasteiger partial charge in [0.25, 0.3) is 0 Å². The minimum absolute atomic E-state index is 0.784. The van der Waals surface area contributed by atoms with Crippen LogP contribution in [0, 0.1) is 0 Å². The van der Waals surface area contributed by atoms with Crippen LogP contribution in [0.3, 0.4) is 0 Å². The number of rotatable bonds is 4. The minimum atomic E-state index is 0.784. The van der Waals surface area contributed by atoms with E-state index in [1.807, 2.05) is 18.2 Å². The van der Waals surface area contributed by atoms with E-state index in [4.69, 9.17) is 5.73 Å². The second-order valence-electron chi connectivity index (χ2n) is 5.41. The summed E-state index contributed by atoms with van der Waals surface area (Å²) in [5, 5.41) is 0.805. The maximum absolute atomic E-state index is 5.80. The van der Waals surface area contributed by atoms with Gasteiger partial charge < -0.3 is 15.6 Å². The summed E-state index contributed by atoms with van der Waals surface area (Å²) < 4.78 is 0. The van der Waals surface area contributed by atoms with Crippen LogP contribution < -0.4 is 5.73 Å². The van der Waals surface area contributed by atoms with Crippen molar-refractivity contribution in [1.29, 1.82) is 0 Å². The third-order valence-corrected chi connectivity index (χ3v) is 5.27. The number of nitrogens with one attached hydrogen (secondary N) is 1. The highest BCUT2D eigenvalue weighted by atomic mass is 32.2. The molecule has 20 heavy (non-hydrogen) atoms. The molecule has 1 aliphatic heterocycles. The Morgan fingerprint density at radius 2 is 2.40 bits per heavy atom. The van der Waals surface area contributed by atoms with Gasteiger partial charge in [0, 0.05) is 42.7 Å². The smallest absolute Gasteiger partial charge is 0.108 e. The van der Waals surface area contributed by atoms with Crippen molar-refractivity contribution in [3.05, 3.63) is 24.0 Å². The van der Waals surface area contributed by atoms with Gasteiger partial charge in [-0.25, -0.2) is 4.98 Å². The lowest BCUT2D eigenvalue weighted by atomic mass is 10.2. The quantitative estimate of drug-likeness (QED) is 0.850. The normalized spacial score (nSPS) is 20.6. The van der Waals surface area contributed by atoms with E-state index in [1.165, 1.54) is 25.3 Å². The molecule has 0 radical (unpaired) electrons. The van der Waals surface area contributed by atoms with Gasteiger partial charge in [-0.05, 0) is 24.6 Å². The number of aromatic nitrogens is 2. The van der Waals surface area contributed by atoms with Crippen LogP contribution in [0.5, 0.6) is 0 Å². The minimum Gasteiger partial charge on any atom is -0.399 e. The highest BCUT2D eigenvalue weighted by molar-refractivity contribution is 8.00. The number of benzene rings is 1. The average molecular weight is 290 g/mol. The number of fused-ring (bicyclic) bond motifs is 1. The largest absolute Gasteiger partial charge is 0.399 e. The zero-order valence-corrected chi connectivity index (χ0v) is 12.7. The van der Waals surface area contributed by atoms with E-state index < -0.39 is 0 Å². The lowest BCUT2D eigenvalue weighted by Gasteiger charge is -2.31. The van der Waals surface area contributed by atoms with Crippen molar-refractivity contribution in [2.45, 2.75) is 25.0 Å². The number of nitrogens with zero attached hydrogens (tertiary/aromatic N) is 2. The van der Waals surface area contributed by atoms with Gasteiger partial charge in [0.05, 0.1) is 11.0 Å². The van der Waals surface area contributed by atoms with Crippen LogP contribution in [0.15, 0.2) is 18.2 Å². The van der Waals surface area contributed by atoms with Crippen molar-refractivity contribution in [2.75, 3.05) is 31.1 Å². The van der Waals surface area contributed by atoms with E-state index in [-0.39, 0.29) is 0 Å². The zero-order chi connectivity index (χ0) is 13.9. The summed E-state index contributed by atoms with van der Waals surface area (Å²) >= 11 is 2.12. The number of hydrogen-bond acceptors (Lipinski definition) is 4. The first kappa shape index (κ1) is 13.8. The molecule has 1 saturated heterocycles. The fraction of sp³-hybridized carbons (Fsp3) is 0.533. The summed E-state index contributed by atoms with van der Waals surface area (Å²) in [6, 6.07) is 5.84. The molecule has 108 valence electrons. The Morgan fingerprint density at radius 3 is 3.25 bits per heavy atom. The molecule has 0 amide bonds. The lowest BCUT2D eigenvalue weighted by Crippen LogP contribution is -2.38. The Labute approximate surface area is 124 Å². The fourth-order valence-electron chi connectivity index (χ4n) is 2.69. The number of nitrogen functional groups attached to an aromatic ring is 1. The van der Waals surface area contributed by atoms with Crippen LogP contribution >= 0.6 is 11.8 Å². The van der Waals surface area contributed by atoms with Gasteiger partial charge in [0.2, 0.25) is 0 Å². The van der Waals surface area contributed by atoms with Crippen LogP contribution in [-0.2, 0) is 6.42 Å². The van der Waals surface area contributed by atoms with Crippen molar-refractivity contribution in [3.8, 4) is 0 Å². The van der Waals surface area contributed by atoms with Crippen molar-refractivity contribution in [2.24, 2.45) is 0 Å². The molecule has 3 N–H and O–H groups in total. The number of nitrogens with two attached hydrogens (primary N) is 1. The molecule has 1 aromatic carbocycles. The molecule has 3 rings (SSSR count). The van der Waals surface area contributed by atoms with E-state index in [9.17, 15) is 0 Å². The maximum Gasteiger partial charge on any atom is 0.108 e. The number of imidazole rings is 1. The monoisotopic (exact) mass is 290 g/mol. The SMILES string of the molecule is CCC1CN(CCc2nc3ccc(N)cc3[nH]2)CCS1. The first-order chi connectivity index (χ1) is 9.74. The Bertz CT molecular complexity index is 580. The van der Waals surface area contributed by atoms with Gasteiger partial charge in [-0.3, -0.25) is 0 Å². The molecule has 0 aliphatic carbocycles. The van der Waals surface area contributed by atoms with Gasteiger partial charge in [0.15, 0.2) is 0 Å². The summed E-state index contributed by atoms with van der Waals surface area (Å²) in [5.41, 5.74) is 8.63. The van der Waals surface area contributed by atoms with Crippen LogP contribution in [0.25, 0.3) is 11.0 Å². The molecule has 0 spiro atoms. The summed E-state index contributed by atoms with van der Waals surface area (Å²) in [5.74, 6) is 2.33. The Hall–Kier alpha value is -1.20. The van der Waals surface area contributed by atoms with Crippen molar-refractivity contribution in [1.82, 2.24) is 14.9 Å². The third-order valence-electron chi connectivity index (χ3n) is 3.90. The predicted octanol–water partition coefficient (Wildman–Crippen LogP) is 2.52. The molecule has 2 aromatic rings. The van der Waals surface area contributed by atoms with E-state index in [2.05, 4.69) is 33.6 Å². The zero-order valence-electron chi connectivity index (χ0n) is 11.9. The first-order valence-electron chi connectivity index (χ1n) is 7.32. The number of H-pyrrole nitrogens is 1. The van der Waals surface area contributed by atoms with E-state index in [1.54, 1.807) is 0 Å². The third kappa shape index (κ3) is 3.10. The molecule has 1 fully saturated rings. The van der Waals surface area contributed by atoms with Crippen LogP contribution in [0.2, 0.25) is 0 Å². The molecule has 5 heteroatoms. The van der Waals surface area contributed by atoms with Gasteiger partial charge in [0.1, 0.15) is 5.82 Å². The summed E-state index contributed by atoms with van der Waals surface area (Å²) in [6.45, 7) is 5.79. The van der Waals surface area contributed by atoms with E-state index in [0.717, 1.165) is 40.8 Å². The molecule has 0 bridgehead atoms. The van der Waals surface area contributed by atoms with E-state index in [0.29, 0.717) is 0 Å². The number of thioether (sulfide) groups is 1. The highest BCUT2D eigenvalue weighted by Gasteiger charge is 2.18. The molecule has 1 aliphatic rings. The molecule has 0 saturated carbocycles. The van der Waals surface area contributed by atoms with Gasteiger partial charge in [-0.1, -0.05) is 6.92 Å². The van der Waals surface area contributed by atoms with Gasteiger partial charge >= 0.3 is 0 Å². The lowest BCUT2D eigenvalue weighted by molar-refractivity contribution is 0.283. The molecule has 1 unspecified atom stereocenters. The molecule has 1 atom stereocenters. The van der Waals surface area contributed by atoms with Gasteiger partial charge in [-0.15, -0.1) is 0 Å². The van der Waals surface area contributed by atoms with Crippen LogP contribution in [-0.4, -0.2) is 45.5 Å². The number of aromatic amines is 1. The van der Waals surface area contributed by atoms with Crippen LogP contribution in [0.4, 0.5) is 5.69 Å². The standard InChI is InChI=1S/C15H22N4S/c1-2-12-10-19(7-8-20-12)6-5-15-17-13-4-3-11(16)9-14(13)18-15/h3-4,9,12H,2,5-8,10,16H2,1H3,(H,17,18). The van der Waals surface area contributed by atoms with Crippen molar-refractivity contribution < 1.29 is 0 Å². The molecule has 1 aromatic heterocycles. The van der Waals surface area contributed by atoms with Crippen LogP contribution in [0.1, 0.15) is 19.2 Å². The summed E-state index contributed by atoms with van der Waals surface area (Å²) in [7, 11) is 0. The molecule has 2 heterocycles. The molecule has 4 nitrogen and oxygen atoms in total. The molecular formula is C15H22N4S. The Balaban J connectivity index is 1.62. The Kier molecular flexibility index (Phi) is 4.17. The number of hydrogen-bond donors (Lipinski definition) is 2. The van der Waals surface area contributed by atoms with Gasteiger partial charge in [-0.2, -0.15) is 11.8 Å². The second kappa shape index (κ2) is 6.06. The highest BCUT2D eigenvalue weighted by Crippen LogP contribution is 2.21. The van der Waals surface area contributed by atoms with Crippen molar-refractivity contribution >= 4 is 28.5 Å². The fourth-order valence-corrected chi connectivity index (χ4v) is 3.94. The Morgan fingerprint density at radius 1 is 1.50 bits per heavy atom. The summed E-state index contributed by atoms with van der Waals surface area (Å²) in [6.07, 6.45) is 2.25. The summed E-state index contributed by atoms with van der Waals surface area (Å²) in [4.78, 5) is 10.6. The topological polar surface area (TPSA) is 57.9 Å². The first-order valence-corrected chi connectivity index (χ1v) is 8.37. The molecular weight excluding hydrogens is 268 g/mol. The second-order valence-corrected chi connectivity index (χ2v) is 6.82. The van der Waals surface area contributed by atoms with E-state index >= 15 is 0 Å². The van der Waals surface area contributed by atoms with Crippen molar-refractivity contribution in [3.63, 3.8) is 0 Å². The number of anilines is 1. The average Bonchev–Trinajstić information content (AvgIpc) is 2.87.